The summed E-state index contributed by atoms with van der Waals surface area (Å²) in [5.41, 5.74) is 6.28. The molecular formula is C22H26ClN3S. The van der Waals surface area contributed by atoms with Gasteiger partial charge in [0.2, 0.25) is 0 Å². The van der Waals surface area contributed by atoms with Crippen LogP contribution < -0.4 is 4.90 Å². The normalized spacial score (nSPS) is 18.4. The van der Waals surface area contributed by atoms with Crippen molar-refractivity contribution in [2.75, 3.05) is 24.5 Å². The maximum Gasteiger partial charge on any atom is 0.186 e. The van der Waals surface area contributed by atoms with Crippen molar-refractivity contribution in [3.63, 3.8) is 0 Å². The van der Waals surface area contributed by atoms with Crippen molar-refractivity contribution >= 4 is 38.3 Å². The highest BCUT2D eigenvalue weighted by molar-refractivity contribution is 7.22. The number of thiazole rings is 1. The predicted octanol–water partition coefficient (Wildman–Crippen LogP) is 5.36. The van der Waals surface area contributed by atoms with Crippen LogP contribution in [0.2, 0.25) is 0 Å². The Kier molecular flexibility index (Phi) is 5.40. The lowest BCUT2D eigenvalue weighted by molar-refractivity contribution is 0.221. The minimum absolute atomic E-state index is 0.456. The minimum Gasteiger partial charge on any atom is -0.343 e. The standard InChI is InChI=1S/C22H26ClN3S/c1-15-4-5-20-21(10-15)27-22(24-20)26-7-6-25(13-17(26)3)14-19-9-16(2)8-18(11-19)12-23/h4-5,8-11,17H,6-7,12-14H2,1-3H3. The van der Waals surface area contributed by atoms with E-state index < -0.39 is 0 Å². The number of nitrogens with zero attached hydrogens (tertiary/aromatic N) is 3. The minimum atomic E-state index is 0.456. The number of piperazine rings is 1. The van der Waals surface area contributed by atoms with E-state index in [1.54, 1.807) is 0 Å². The molecule has 0 aliphatic carbocycles. The zero-order chi connectivity index (χ0) is 19.0. The van der Waals surface area contributed by atoms with Gasteiger partial charge in [0, 0.05) is 38.1 Å². The highest BCUT2D eigenvalue weighted by Crippen LogP contribution is 2.31. The molecule has 0 bridgehead atoms. The van der Waals surface area contributed by atoms with E-state index in [0.717, 1.165) is 36.8 Å². The zero-order valence-corrected chi connectivity index (χ0v) is 17.8. The predicted molar refractivity (Wildman–Crippen MR) is 117 cm³/mol. The van der Waals surface area contributed by atoms with Gasteiger partial charge in [0.1, 0.15) is 0 Å². The van der Waals surface area contributed by atoms with E-state index in [1.165, 1.54) is 27.0 Å². The van der Waals surface area contributed by atoms with Crippen molar-refractivity contribution in [2.24, 2.45) is 0 Å². The average molecular weight is 400 g/mol. The molecule has 1 aliphatic rings. The molecule has 3 nitrogen and oxygen atoms in total. The summed E-state index contributed by atoms with van der Waals surface area (Å²) in [6.45, 7) is 10.7. The van der Waals surface area contributed by atoms with Gasteiger partial charge in [-0.25, -0.2) is 4.98 Å². The fourth-order valence-corrected chi connectivity index (χ4v) is 5.32. The second kappa shape index (κ2) is 7.78. The molecule has 2 heterocycles. The summed E-state index contributed by atoms with van der Waals surface area (Å²) in [4.78, 5) is 9.90. The van der Waals surface area contributed by atoms with Gasteiger partial charge >= 0.3 is 0 Å². The third kappa shape index (κ3) is 4.13. The average Bonchev–Trinajstić information content (AvgIpc) is 3.04. The van der Waals surface area contributed by atoms with Crippen LogP contribution in [0.4, 0.5) is 5.13 Å². The van der Waals surface area contributed by atoms with Crippen LogP contribution in [0.15, 0.2) is 36.4 Å². The SMILES string of the molecule is Cc1cc(CCl)cc(CN2CCN(c3nc4ccc(C)cc4s3)C(C)C2)c1. The summed E-state index contributed by atoms with van der Waals surface area (Å²) in [6.07, 6.45) is 0. The molecule has 1 saturated heterocycles. The molecule has 0 N–H and O–H groups in total. The van der Waals surface area contributed by atoms with Crippen molar-refractivity contribution in [3.05, 3.63) is 58.7 Å². The van der Waals surface area contributed by atoms with Gasteiger partial charge < -0.3 is 4.90 Å². The summed E-state index contributed by atoms with van der Waals surface area (Å²) < 4.78 is 1.29. The first kappa shape index (κ1) is 18.7. The second-order valence-corrected chi connectivity index (χ2v) is 8.98. The Bertz CT molecular complexity index is 952. The Morgan fingerprint density at radius 3 is 2.67 bits per heavy atom. The Morgan fingerprint density at radius 2 is 1.89 bits per heavy atom. The summed E-state index contributed by atoms with van der Waals surface area (Å²) in [5.74, 6) is 0.579. The molecule has 1 fully saturated rings. The maximum atomic E-state index is 6.04. The Morgan fingerprint density at radius 1 is 1.07 bits per heavy atom. The summed E-state index contributed by atoms with van der Waals surface area (Å²) in [5, 5.41) is 1.16. The number of benzene rings is 2. The van der Waals surface area contributed by atoms with E-state index in [2.05, 4.69) is 67.0 Å². The molecule has 0 saturated carbocycles. The highest BCUT2D eigenvalue weighted by Gasteiger charge is 2.26. The third-order valence-corrected chi connectivity index (χ3v) is 6.61. The van der Waals surface area contributed by atoms with Crippen LogP contribution >= 0.6 is 22.9 Å². The molecule has 4 rings (SSSR count). The number of hydrogen-bond donors (Lipinski definition) is 0. The molecule has 1 unspecified atom stereocenters. The molecule has 2 aromatic carbocycles. The summed E-state index contributed by atoms with van der Waals surface area (Å²) in [6, 6.07) is 13.7. The van der Waals surface area contributed by atoms with Gasteiger partial charge in [0.15, 0.2) is 5.13 Å². The van der Waals surface area contributed by atoms with Gasteiger partial charge in [-0.1, -0.05) is 41.2 Å². The molecule has 0 radical (unpaired) electrons. The largest absolute Gasteiger partial charge is 0.343 e. The van der Waals surface area contributed by atoms with Crippen molar-refractivity contribution < 1.29 is 0 Å². The number of rotatable bonds is 4. The number of aromatic nitrogens is 1. The number of fused-ring (bicyclic) bond motifs is 1. The molecular weight excluding hydrogens is 374 g/mol. The van der Waals surface area contributed by atoms with E-state index >= 15 is 0 Å². The molecule has 1 atom stereocenters. The fourth-order valence-electron chi connectivity index (χ4n) is 3.98. The lowest BCUT2D eigenvalue weighted by Gasteiger charge is -2.39. The molecule has 27 heavy (non-hydrogen) atoms. The first-order chi connectivity index (χ1) is 13.0. The first-order valence-electron chi connectivity index (χ1n) is 9.53. The smallest absolute Gasteiger partial charge is 0.186 e. The lowest BCUT2D eigenvalue weighted by Crippen LogP contribution is -2.51. The third-order valence-electron chi connectivity index (χ3n) is 5.25. The van der Waals surface area contributed by atoms with Crippen LogP contribution in [0, 0.1) is 13.8 Å². The van der Waals surface area contributed by atoms with Crippen molar-refractivity contribution in [1.29, 1.82) is 0 Å². The van der Waals surface area contributed by atoms with Crippen molar-refractivity contribution in [1.82, 2.24) is 9.88 Å². The Balaban J connectivity index is 1.46. The monoisotopic (exact) mass is 399 g/mol. The molecule has 1 aromatic heterocycles. The summed E-state index contributed by atoms with van der Waals surface area (Å²) >= 11 is 7.86. The Labute approximate surface area is 170 Å². The van der Waals surface area contributed by atoms with E-state index in [1.807, 2.05) is 11.3 Å². The number of hydrogen-bond acceptors (Lipinski definition) is 4. The van der Waals surface area contributed by atoms with Gasteiger partial charge in [-0.2, -0.15) is 0 Å². The van der Waals surface area contributed by atoms with E-state index in [4.69, 9.17) is 16.6 Å². The van der Waals surface area contributed by atoms with Gasteiger partial charge in [0.05, 0.1) is 10.2 Å². The van der Waals surface area contributed by atoms with Crippen LogP contribution in [-0.2, 0) is 12.4 Å². The lowest BCUT2D eigenvalue weighted by atomic mass is 10.1. The molecule has 0 amide bonds. The van der Waals surface area contributed by atoms with E-state index in [-0.39, 0.29) is 0 Å². The van der Waals surface area contributed by atoms with Crippen molar-refractivity contribution in [2.45, 2.75) is 39.2 Å². The fraction of sp³-hybridized carbons (Fsp3) is 0.409. The van der Waals surface area contributed by atoms with Crippen LogP contribution in [0.5, 0.6) is 0 Å². The van der Waals surface area contributed by atoms with Gasteiger partial charge in [0.25, 0.3) is 0 Å². The number of halogens is 1. The van der Waals surface area contributed by atoms with Gasteiger partial charge in [-0.05, 0) is 49.6 Å². The molecule has 1 aliphatic heterocycles. The van der Waals surface area contributed by atoms with Crippen molar-refractivity contribution in [3.8, 4) is 0 Å². The van der Waals surface area contributed by atoms with Crippen LogP contribution in [0.3, 0.4) is 0 Å². The van der Waals surface area contributed by atoms with E-state index in [9.17, 15) is 0 Å². The highest BCUT2D eigenvalue weighted by atomic mass is 35.5. The molecule has 3 aromatic rings. The second-order valence-electron chi connectivity index (χ2n) is 7.71. The molecule has 142 valence electrons. The Hall–Kier alpha value is -1.62. The number of aryl methyl sites for hydroxylation is 2. The van der Waals surface area contributed by atoms with Gasteiger partial charge in [-0.15, -0.1) is 11.6 Å². The van der Waals surface area contributed by atoms with Gasteiger partial charge in [-0.3, -0.25) is 4.90 Å². The van der Waals surface area contributed by atoms with Crippen LogP contribution in [-0.4, -0.2) is 35.6 Å². The van der Waals surface area contributed by atoms with Crippen LogP contribution in [0.1, 0.15) is 29.2 Å². The maximum absolute atomic E-state index is 6.04. The topological polar surface area (TPSA) is 19.4 Å². The molecule has 0 spiro atoms. The van der Waals surface area contributed by atoms with E-state index in [0.29, 0.717) is 11.9 Å². The zero-order valence-electron chi connectivity index (χ0n) is 16.2. The molecule has 5 heteroatoms. The quantitative estimate of drug-likeness (QED) is 0.550. The first-order valence-corrected chi connectivity index (χ1v) is 10.9. The summed E-state index contributed by atoms with van der Waals surface area (Å²) in [7, 11) is 0. The number of alkyl halides is 1. The number of anilines is 1. The van der Waals surface area contributed by atoms with Crippen LogP contribution in [0.25, 0.3) is 10.2 Å².